The highest BCUT2D eigenvalue weighted by atomic mass is 16.5. The predicted octanol–water partition coefficient (Wildman–Crippen LogP) is 2.94. The Kier molecular flexibility index (Phi) is 7.83. The van der Waals surface area contributed by atoms with E-state index in [1.807, 2.05) is 31.2 Å². The molecule has 21 heavy (non-hydrogen) atoms. The summed E-state index contributed by atoms with van der Waals surface area (Å²) in [4.78, 5) is 11.8. The van der Waals surface area contributed by atoms with Gasteiger partial charge in [-0.3, -0.25) is 4.79 Å². The lowest BCUT2D eigenvalue weighted by Crippen LogP contribution is -2.28. The monoisotopic (exact) mass is 292 g/mol. The summed E-state index contributed by atoms with van der Waals surface area (Å²) < 4.78 is 5.47. The first-order chi connectivity index (χ1) is 9.99. The predicted molar refractivity (Wildman–Crippen MR) is 87.2 cm³/mol. The van der Waals surface area contributed by atoms with Gasteiger partial charge in [0.25, 0.3) is 0 Å². The van der Waals surface area contributed by atoms with E-state index in [9.17, 15) is 4.79 Å². The van der Waals surface area contributed by atoms with E-state index in [4.69, 9.17) is 10.5 Å². The van der Waals surface area contributed by atoms with Crippen molar-refractivity contribution >= 4 is 11.6 Å². The molecule has 1 aromatic carbocycles. The molecule has 0 aromatic heterocycles. The average molecular weight is 292 g/mol. The van der Waals surface area contributed by atoms with Crippen LogP contribution in [0, 0.1) is 5.92 Å². The minimum Gasteiger partial charge on any atom is -0.399 e. The number of carbonyl (C=O) groups excluding carboxylic acids is 1. The summed E-state index contributed by atoms with van der Waals surface area (Å²) in [6.07, 6.45) is 1.54. The molecule has 1 atom stereocenters. The van der Waals surface area contributed by atoms with Crippen LogP contribution in [0.5, 0.6) is 0 Å². The zero-order chi connectivity index (χ0) is 15.7. The lowest BCUT2D eigenvalue weighted by atomic mass is 9.97. The Bertz CT molecular complexity index is 415. The number of benzene rings is 1. The summed E-state index contributed by atoms with van der Waals surface area (Å²) in [6.45, 7) is 8.30. The number of nitrogens with one attached hydrogen (secondary N) is 1. The molecule has 0 fully saturated rings. The Morgan fingerprint density at radius 2 is 1.86 bits per heavy atom. The second-order valence-electron chi connectivity index (χ2n) is 5.92. The highest BCUT2D eigenvalue weighted by molar-refractivity contribution is 5.76. The normalized spacial score (nSPS) is 12.4. The molecule has 1 unspecified atom stereocenters. The Hall–Kier alpha value is -1.55. The fourth-order valence-corrected chi connectivity index (χ4v) is 1.98. The molecule has 0 saturated carbocycles. The Morgan fingerprint density at radius 1 is 1.19 bits per heavy atom. The molecule has 0 aliphatic heterocycles. The molecule has 1 aromatic rings. The lowest BCUT2D eigenvalue weighted by Gasteiger charge is -2.12. The van der Waals surface area contributed by atoms with E-state index in [2.05, 4.69) is 19.2 Å². The lowest BCUT2D eigenvalue weighted by molar-refractivity contribution is -0.121. The summed E-state index contributed by atoms with van der Waals surface area (Å²) in [6, 6.07) is 7.68. The molecule has 118 valence electrons. The van der Waals surface area contributed by atoms with Crippen LogP contribution in [-0.4, -0.2) is 25.7 Å². The van der Waals surface area contributed by atoms with Crippen LogP contribution in [0.4, 0.5) is 5.69 Å². The maximum atomic E-state index is 11.8. The molecule has 0 heterocycles. The van der Waals surface area contributed by atoms with Crippen LogP contribution in [0.3, 0.4) is 0 Å². The molecule has 0 bridgehead atoms. The van der Waals surface area contributed by atoms with Gasteiger partial charge in [-0.25, -0.2) is 0 Å². The molecule has 0 saturated heterocycles. The third kappa shape index (κ3) is 7.71. The number of anilines is 1. The van der Waals surface area contributed by atoms with Crippen LogP contribution in [0.15, 0.2) is 24.3 Å². The minimum absolute atomic E-state index is 0.0618. The number of carbonyl (C=O) groups is 1. The summed E-state index contributed by atoms with van der Waals surface area (Å²) in [7, 11) is 0. The van der Waals surface area contributed by atoms with Crippen LogP contribution < -0.4 is 11.1 Å². The second-order valence-corrected chi connectivity index (χ2v) is 5.92. The summed E-state index contributed by atoms with van der Waals surface area (Å²) >= 11 is 0. The molecule has 1 rings (SSSR count). The van der Waals surface area contributed by atoms with Gasteiger partial charge < -0.3 is 15.8 Å². The average Bonchev–Trinajstić information content (AvgIpc) is 2.43. The van der Waals surface area contributed by atoms with Gasteiger partial charge in [0.2, 0.25) is 5.91 Å². The van der Waals surface area contributed by atoms with E-state index in [-0.39, 0.29) is 11.8 Å². The molecule has 0 aliphatic carbocycles. The van der Waals surface area contributed by atoms with Gasteiger partial charge in [-0.15, -0.1) is 0 Å². The summed E-state index contributed by atoms with van der Waals surface area (Å²) in [5.41, 5.74) is 7.54. The molecular formula is C17H28N2O2. The minimum atomic E-state index is 0.0618. The van der Waals surface area contributed by atoms with Crippen LogP contribution in [0.1, 0.15) is 45.1 Å². The van der Waals surface area contributed by atoms with Crippen molar-refractivity contribution in [3.63, 3.8) is 0 Å². The number of rotatable bonds is 9. The highest BCUT2D eigenvalue weighted by Crippen LogP contribution is 2.19. The van der Waals surface area contributed by atoms with E-state index < -0.39 is 0 Å². The number of amides is 1. The fraction of sp³-hybridized carbons (Fsp3) is 0.588. The number of ether oxygens (including phenoxy) is 1. The van der Waals surface area contributed by atoms with Crippen molar-refractivity contribution in [1.29, 1.82) is 0 Å². The van der Waals surface area contributed by atoms with Gasteiger partial charge in [0, 0.05) is 25.3 Å². The molecule has 0 spiro atoms. The third-order valence-electron chi connectivity index (χ3n) is 3.41. The zero-order valence-electron chi connectivity index (χ0n) is 13.4. The smallest absolute Gasteiger partial charge is 0.220 e. The van der Waals surface area contributed by atoms with Crippen molar-refractivity contribution in [2.24, 2.45) is 5.92 Å². The van der Waals surface area contributed by atoms with Crippen molar-refractivity contribution in [1.82, 2.24) is 5.32 Å². The highest BCUT2D eigenvalue weighted by Gasteiger charge is 2.10. The van der Waals surface area contributed by atoms with Gasteiger partial charge in [0.05, 0.1) is 6.61 Å². The van der Waals surface area contributed by atoms with E-state index in [1.54, 1.807) is 0 Å². The van der Waals surface area contributed by atoms with Gasteiger partial charge in [-0.05, 0) is 36.0 Å². The van der Waals surface area contributed by atoms with E-state index in [0.29, 0.717) is 25.5 Å². The summed E-state index contributed by atoms with van der Waals surface area (Å²) in [5.74, 6) is 0.902. The SMILES string of the molecule is CC(C)CCOCCNC(=O)CC(C)c1ccc(N)cc1. The van der Waals surface area contributed by atoms with Gasteiger partial charge in [-0.2, -0.15) is 0 Å². The van der Waals surface area contributed by atoms with Crippen LogP contribution >= 0.6 is 0 Å². The molecular weight excluding hydrogens is 264 g/mol. The quantitative estimate of drug-likeness (QED) is 0.543. The van der Waals surface area contributed by atoms with E-state index in [1.165, 1.54) is 0 Å². The van der Waals surface area contributed by atoms with Crippen molar-refractivity contribution in [3.05, 3.63) is 29.8 Å². The maximum Gasteiger partial charge on any atom is 0.220 e. The standard InChI is InChI=1S/C17H28N2O2/c1-13(2)8-10-21-11-9-19-17(20)12-14(3)15-4-6-16(18)7-5-15/h4-7,13-14H,8-12,18H2,1-3H3,(H,19,20). The third-order valence-corrected chi connectivity index (χ3v) is 3.41. The maximum absolute atomic E-state index is 11.8. The second kappa shape index (κ2) is 9.40. The van der Waals surface area contributed by atoms with Crippen molar-refractivity contribution in [2.75, 3.05) is 25.5 Å². The summed E-state index contributed by atoms with van der Waals surface area (Å²) in [5, 5.41) is 2.89. The molecule has 0 aliphatic rings. The van der Waals surface area contributed by atoms with Crippen LogP contribution in [0.25, 0.3) is 0 Å². The first-order valence-corrected chi connectivity index (χ1v) is 7.69. The Labute approximate surface area is 128 Å². The number of nitrogen functional groups attached to an aromatic ring is 1. The van der Waals surface area contributed by atoms with Crippen LogP contribution in [-0.2, 0) is 9.53 Å². The van der Waals surface area contributed by atoms with Crippen LogP contribution in [0.2, 0.25) is 0 Å². The zero-order valence-corrected chi connectivity index (χ0v) is 13.4. The van der Waals surface area contributed by atoms with Gasteiger partial charge in [0.15, 0.2) is 0 Å². The first kappa shape index (κ1) is 17.5. The number of hydrogen-bond donors (Lipinski definition) is 2. The van der Waals surface area contributed by atoms with E-state index in [0.717, 1.165) is 24.3 Å². The van der Waals surface area contributed by atoms with Crippen molar-refractivity contribution in [2.45, 2.75) is 39.5 Å². The molecule has 4 heteroatoms. The van der Waals surface area contributed by atoms with Crippen molar-refractivity contribution < 1.29 is 9.53 Å². The topological polar surface area (TPSA) is 64.3 Å². The van der Waals surface area contributed by atoms with E-state index >= 15 is 0 Å². The fourth-order valence-electron chi connectivity index (χ4n) is 1.98. The molecule has 1 amide bonds. The van der Waals surface area contributed by atoms with Gasteiger partial charge >= 0.3 is 0 Å². The molecule has 4 nitrogen and oxygen atoms in total. The van der Waals surface area contributed by atoms with Gasteiger partial charge in [-0.1, -0.05) is 32.9 Å². The first-order valence-electron chi connectivity index (χ1n) is 7.69. The Morgan fingerprint density at radius 3 is 2.48 bits per heavy atom. The Balaban J connectivity index is 2.17. The number of nitrogens with two attached hydrogens (primary N) is 1. The molecule has 3 N–H and O–H groups in total. The largest absolute Gasteiger partial charge is 0.399 e. The number of hydrogen-bond acceptors (Lipinski definition) is 3. The van der Waals surface area contributed by atoms with Crippen molar-refractivity contribution in [3.8, 4) is 0 Å². The van der Waals surface area contributed by atoms with Gasteiger partial charge in [0.1, 0.15) is 0 Å². The molecule has 0 radical (unpaired) electrons.